The predicted molar refractivity (Wildman–Crippen MR) is 177 cm³/mol. The molecule has 0 aromatic heterocycles. The standard InChI is InChI=1S/C37H62O12/c1-10-28(40)45-30(24(7)33(41)42)23(6)31-22(5)25(39)17-36(47-31)14-13-34(8,49-36)27-11-12-35(9,46-27)32-20(3)16-26(44-32)29-19(2)15-21(4)37(43,18-38)48-29/h19-27,29-32,38-39,43H,10-18H2,1-9H3,(H,41,42)/t19-,20-,21+,22-,23-,24-,25-,26-,27-,29+,30-,31+,32+,34+,35+,36-,37+/m0/s1. The van der Waals surface area contributed by atoms with E-state index in [0.29, 0.717) is 12.8 Å². The highest BCUT2D eigenvalue weighted by atomic mass is 16.7. The molecule has 5 aliphatic heterocycles. The van der Waals surface area contributed by atoms with E-state index in [9.17, 15) is 30.0 Å². The van der Waals surface area contributed by atoms with Crippen molar-refractivity contribution >= 4 is 11.9 Å². The lowest BCUT2D eigenvalue weighted by Crippen LogP contribution is -2.57. The summed E-state index contributed by atoms with van der Waals surface area (Å²) < 4.78 is 39.1. The number of aliphatic hydroxyl groups excluding tert-OH is 2. The van der Waals surface area contributed by atoms with Gasteiger partial charge in [-0.05, 0) is 64.7 Å². The van der Waals surface area contributed by atoms with Crippen LogP contribution in [0, 0.1) is 35.5 Å². The molecule has 282 valence electrons. The zero-order valence-electron chi connectivity index (χ0n) is 30.9. The summed E-state index contributed by atoms with van der Waals surface area (Å²) in [7, 11) is 0. The highest BCUT2D eigenvalue weighted by molar-refractivity contribution is 5.72. The average Bonchev–Trinajstić information content (AvgIpc) is 3.74. The molecule has 5 aliphatic rings. The summed E-state index contributed by atoms with van der Waals surface area (Å²) in [4.78, 5) is 24.3. The van der Waals surface area contributed by atoms with E-state index in [2.05, 4.69) is 20.8 Å². The third-order valence-electron chi connectivity index (χ3n) is 12.9. The van der Waals surface area contributed by atoms with E-state index in [0.717, 1.165) is 25.7 Å². The molecule has 0 amide bonds. The normalized spacial score (nSPS) is 49.1. The average molecular weight is 699 g/mol. The van der Waals surface area contributed by atoms with Crippen molar-refractivity contribution in [3.63, 3.8) is 0 Å². The van der Waals surface area contributed by atoms with Gasteiger partial charge in [0.15, 0.2) is 11.6 Å². The van der Waals surface area contributed by atoms with Crippen molar-refractivity contribution in [2.75, 3.05) is 6.61 Å². The lowest BCUT2D eigenvalue weighted by atomic mass is 9.78. The van der Waals surface area contributed by atoms with Crippen molar-refractivity contribution in [2.24, 2.45) is 35.5 Å². The minimum Gasteiger partial charge on any atom is -0.481 e. The Morgan fingerprint density at radius 3 is 2.29 bits per heavy atom. The first kappa shape index (κ1) is 38.8. The van der Waals surface area contributed by atoms with Gasteiger partial charge in [0.2, 0.25) is 0 Å². The molecule has 0 aromatic rings. The van der Waals surface area contributed by atoms with Gasteiger partial charge in [-0.2, -0.15) is 0 Å². The largest absolute Gasteiger partial charge is 0.481 e. The van der Waals surface area contributed by atoms with E-state index in [1.54, 1.807) is 6.92 Å². The van der Waals surface area contributed by atoms with Crippen LogP contribution in [0.2, 0.25) is 0 Å². The van der Waals surface area contributed by atoms with Crippen LogP contribution >= 0.6 is 0 Å². The van der Waals surface area contributed by atoms with Gasteiger partial charge in [0, 0.05) is 37.0 Å². The van der Waals surface area contributed by atoms with Crippen LogP contribution < -0.4 is 0 Å². The van der Waals surface area contributed by atoms with E-state index in [1.807, 2.05) is 27.7 Å². The fourth-order valence-electron chi connectivity index (χ4n) is 9.66. The maximum Gasteiger partial charge on any atom is 0.309 e. The summed E-state index contributed by atoms with van der Waals surface area (Å²) >= 11 is 0. The topological polar surface area (TPSA) is 170 Å². The Morgan fingerprint density at radius 2 is 1.65 bits per heavy atom. The number of aliphatic carboxylic acids is 1. The van der Waals surface area contributed by atoms with Crippen LogP contribution in [0.1, 0.15) is 114 Å². The quantitative estimate of drug-likeness (QED) is 0.240. The fraction of sp³-hybridized carbons (Fsp3) is 0.946. The molecule has 5 heterocycles. The number of carbonyl (C=O) groups is 2. The van der Waals surface area contributed by atoms with E-state index < -0.39 is 71.5 Å². The molecule has 1 spiro atoms. The number of rotatable bonds is 10. The number of hydrogen-bond acceptors (Lipinski definition) is 11. The molecule has 5 saturated heterocycles. The number of carboxylic acids is 1. The third kappa shape index (κ3) is 7.32. The first-order valence-corrected chi connectivity index (χ1v) is 18.6. The van der Waals surface area contributed by atoms with E-state index >= 15 is 0 Å². The van der Waals surface area contributed by atoms with Gasteiger partial charge < -0.3 is 48.8 Å². The lowest BCUT2D eigenvalue weighted by Gasteiger charge is -2.48. The van der Waals surface area contributed by atoms with E-state index in [-0.39, 0.29) is 60.9 Å². The van der Waals surface area contributed by atoms with Gasteiger partial charge in [-0.1, -0.05) is 41.5 Å². The first-order valence-electron chi connectivity index (χ1n) is 18.6. The SMILES string of the molecule is CCC(=O)O[C@@H]([C@H](C)[C@@H]1O[C@]2(CC[C@](C)([C@@H]3CC[C@](C)([C@@H]4O[C@H]([C@@H]5O[C@](O)(CO)[C@H](C)C[C@@H]5C)C[C@@H]4C)O3)O2)C[C@H](O)[C@@H]1C)[C@H](C)C(=O)O. The van der Waals surface area contributed by atoms with Gasteiger partial charge in [0.25, 0.3) is 0 Å². The van der Waals surface area contributed by atoms with Gasteiger partial charge in [0.05, 0.1) is 60.4 Å². The molecule has 5 fully saturated rings. The molecule has 12 heteroatoms. The Balaban J connectivity index is 1.27. The molecule has 0 aromatic carbocycles. The Hall–Kier alpha value is -1.38. The van der Waals surface area contributed by atoms with Gasteiger partial charge in [-0.25, -0.2) is 0 Å². The first-order chi connectivity index (χ1) is 22.8. The minimum atomic E-state index is -1.58. The summed E-state index contributed by atoms with van der Waals surface area (Å²) in [5.41, 5.74) is -1.29. The van der Waals surface area contributed by atoms with Crippen LogP contribution in [0.5, 0.6) is 0 Å². The number of hydrogen-bond donors (Lipinski definition) is 4. The zero-order valence-corrected chi connectivity index (χ0v) is 30.9. The Labute approximate surface area is 291 Å². The smallest absolute Gasteiger partial charge is 0.309 e. The van der Waals surface area contributed by atoms with Gasteiger partial charge >= 0.3 is 11.9 Å². The van der Waals surface area contributed by atoms with Crippen LogP contribution in [-0.2, 0) is 38.0 Å². The number of esters is 1. The molecular formula is C37H62O12. The number of ether oxygens (including phenoxy) is 6. The van der Waals surface area contributed by atoms with Gasteiger partial charge in [-0.15, -0.1) is 0 Å². The molecule has 4 N–H and O–H groups in total. The minimum absolute atomic E-state index is 0.121. The molecule has 0 aliphatic carbocycles. The Kier molecular flexibility index (Phi) is 11.3. The summed E-state index contributed by atoms with van der Waals surface area (Å²) in [5, 5.41) is 42.0. The molecule has 0 unspecified atom stereocenters. The third-order valence-corrected chi connectivity index (χ3v) is 12.9. The molecule has 17 atom stereocenters. The predicted octanol–water partition coefficient (Wildman–Crippen LogP) is 4.19. The second kappa shape index (κ2) is 14.2. The van der Waals surface area contributed by atoms with Crippen molar-refractivity contribution in [1.82, 2.24) is 0 Å². The number of aliphatic hydroxyl groups is 3. The monoisotopic (exact) mass is 698 g/mol. The number of carbonyl (C=O) groups excluding carboxylic acids is 1. The summed E-state index contributed by atoms with van der Waals surface area (Å²) in [6.45, 7) is 16.7. The number of carboxylic acid groups (broad SMARTS) is 1. The van der Waals surface area contributed by atoms with Crippen molar-refractivity contribution in [2.45, 2.75) is 179 Å². The second-order valence-electron chi connectivity index (χ2n) is 16.8. The van der Waals surface area contributed by atoms with Crippen molar-refractivity contribution in [3.05, 3.63) is 0 Å². The van der Waals surface area contributed by atoms with Crippen molar-refractivity contribution in [3.8, 4) is 0 Å². The lowest BCUT2D eigenvalue weighted by molar-refractivity contribution is -0.335. The maximum atomic E-state index is 12.3. The van der Waals surface area contributed by atoms with Crippen LogP contribution in [0.4, 0.5) is 0 Å². The summed E-state index contributed by atoms with van der Waals surface area (Å²) in [5.74, 6) is -5.90. The Morgan fingerprint density at radius 1 is 0.959 bits per heavy atom. The molecule has 5 rings (SSSR count). The molecule has 0 radical (unpaired) electrons. The highest BCUT2D eigenvalue weighted by Crippen LogP contribution is 2.54. The highest BCUT2D eigenvalue weighted by Gasteiger charge is 2.61. The van der Waals surface area contributed by atoms with E-state index in [1.165, 1.54) is 6.92 Å². The fourth-order valence-corrected chi connectivity index (χ4v) is 9.66. The maximum absolute atomic E-state index is 12.3. The van der Waals surface area contributed by atoms with Crippen LogP contribution in [0.3, 0.4) is 0 Å². The van der Waals surface area contributed by atoms with E-state index in [4.69, 9.17) is 28.4 Å². The molecule has 12 nitrogen and oxygen atoms in total. The molecule has 0 saturated carbocycles. The second-order valence-corrected chi connectivity index (χ2v) is 16.8. The zero-order chi connectivity index (χ0) is 36.3. The van der Waals surface area contributed by atoms with Crippen molar-refractivity contribution < 1.29 is 58.4 Å². The van der Waals surface area contributed by atoms with Gasteiger partial charge in [-0.3, -0.25) is 9.59 Å². The van der Waals surface area contributed by atoms with Crippen LogP contribution in [0.25, 0.3) is 0 Å². The molecular weight excluding hydrogens is 636 g/mol. The Bertz CT molecular complexity index is 1200. The summed E-state index contributed by atoms with van der Waals surface area (Å²) in [6, 6.07) is 0. The van der Waals surface area contributed by atoms with Crippen LogP contribution in [0.15, 0.2) is 0 Å². The van der Waals surface area contributed by atoms with Gasteiger partial charge in [0.1, 0.15) is 6.10 Å². The van der Waals surface area contributed by atoms with Crippen LogP contribution in [-0.4, -0.2) is 104 Å². The van der Waals surface area contributed by atoms with Crippen molar-refractivity contribution in [1.29, 1.82) is 0 Å². The molecule has 49 heavy (non-hydrogen) atoms. The summed E-state index contributed by atoms with van der Waals surface area (Å²) in [6.07, 6.45) is 1.24. The molecule has 0 bridgehead atoms.